The number of hydrogen-bond donors (Lipinski definition) is 1. The Labute approximate surface area is 113 Å². The first-order valence-electron chi connectivity index (χ1n) is 6.54. The highest BCUT2D eigenvalue weighted by Gasteiger charge is 2.45. The first-order valence-corrected chi connectivity index (χ1v) is 6.54. The van der Waals surface area contributed by atoms with Crippen LogP contribution in [-0.4, -0.2) is 32.7 Å². The lowest BCUT2D eigenvalue weighted by Gasteiger charge is -2.39. The van der Waals surface area contributed by atoms with Crippen molar-refractivity contribution in [1.29, 1.82) is 0 Å². The molecule has 0 spiro atoms. The molecule has 0 bridgehead atoms. The summed E-state index contributed by atoms with van der Waals surface area (Å²) in [5.41, 5.74) is 6.92. The molecule has 19 heavy (non-hydrogen) atoms. The van der Waals surface area contributed by atoms with Crippen molar-refractivity contribution in [3.05, 3.63) is 29.3 Å². The van der Waals surface area contributed by atoms with Crippen LogP contribution in [0.3, 0.4) is 0 Å². The van der Waals surface area contributed by atoms with Gasteiger partial charge in [-0.3, -0.25) is 4.79 Å². The first kappa shape index (κ1) is 14.0. The van der Waals surface area contributed by atoms with E-state index in [1.165, 1.54) is 0 Å². The summed E-state index contributed by atoms with van der Waals surface area (Å²) in [6.45, 7) is 5.32. The van der Waals surface area contributed by atoms with Gasteiger partial charge >= 0.3 is 0 Å². The number of hydrogen-bond acceptors (Lipinski definition) is 4. The van der Waals surface area contributed by atoms with E-state index >= 15 is 0 Å². The molecule has 0 aliphatic carbocycles. The zero-order chi connectivity index (χ0) is 14.0. The van der Waals surface area contributed by atoms with Gasteiger partial charge < -0.3 is 15.2 Å². The van der Waals surface area contributed by atoms with Crippen molar-refractivity contribution in [2.75, 3.05) is 26.9 Å². The normalized spacial score (nSPS) is 17.1. The largest absolute Gasteiger partial charge is 0.496 e. The standard InChI is InChI=1S/C15H21NO3/c1-10(2)11-4-5-12(13(6-11)18-3)14(17)15(7-16)8-19-9-15/h4-6,10H,7-9,16H2,1-3H3. The van der Waals surface area contributed by atoms with Crippen LogP contribution in [0.5, 0.6) is 5.75 Å². The smallest absolute Gasteiger partial charge is 0.178 e. The molecule has 0 saturated carbocycles. The summed E-state index contributed by atoms with van der Waals surface area (Å²) in [7, 11) is 1.59. The maximum absolute atomic E-state index is 12.6. The number of carbonyl (C=O) groups excluding carboxylic acids is 1. The molecule has 0 atom stereocenters. The maximum Gasteiger partial charge on any atom is 0.178 e. The molecule has 2 rings (SSSR count). The third kappa shape index (κ3) is 2.38. The molecule has 1 fully saturated rings. The van der Waals surface area contributed by atoms with E-state index in [4.69, 9.17) is 15.2 Å². The number of Topliss-reactive ketones (excluding diaryl/α,β-unsaturated/α-hetero) is 1. The van der Waals surface area contributed by atoms with Crippen LogP contribution in [0.2, 0.25) is 0 Å². The Morgan fingerprint density at radius 1 is 1.47 bits per heavy atom. The fourth-order valence-electron chi connectivity index (χ4n) is 2.23. The minimum Gasteiger partial charge on any atom is -0.496 e. The molecular weight excluding hydrogens is 242 g/mol. The van der Waals surface area contributed by atoms with Crippen LogP contribution in [0.15, 0.2) is 18.2 Å². The summed E-state index contributed by atoms with van der Waals surface area (Å²) >= 11 is 0. The summed E-state index contributed by atoms with van der Waals surface area (Å²) in [5.74, 6) is 1.04. The molecule has 1 aliphatic rings. The first-order chi connectivity index (χ1) is 9.04. The van der Waals surface area contributed by atoms with Gasteiger partial charge in [0.2, 0.25) is 0 Å². The van der Waals surface area contributed by atoms with Crippen LogP contribution < -0.4 is 10.5 Å². The van der Waals surface area contributed by atoms with Crippen molar-refractivity contribution < 1.29 is 14.3 Å². The molecule has 0 aromatic heterocycles. The summed E-state index contributed by atoms with van der Waals surface area (Å²) in [4.78, 5) is 12.6. The van der Waals surface area contributed by atoms with Crippen LogP contribution in [0.4, 0.5) is 0 Å². The number of benzene rings is 1. The number of methoxy groups -OCH3 is 1. The molecule has 0 amide bonds. The number of nitrogens with two attached hydrogens (primary N) is 1. The molecule has 0 radical (unpaired) electrons. The maximum atomic E-state index is 12.6. The van der Waals surface area contributed by atoms with Gasteiger partial charge in [-0.2, -0.15) is 0 Å². The zero-order valence-electron chi connectivity index (χ0n) is 11.7. The summed E-state index contributed by atoms with van der Waals surface area (Å²) in [6, 6.07) is 5.75. The third-order valence-electron chi connectivity index (χ3n) is 3.77. The van der Waals surface area contributed by atoms with E-state index in [-0.39, 0.29) is 5.78 Å². The average Bonchev–Trinajstić information content (AvgIpc) is 2.37. The molecule has 1 aromatic carbocycles. The summed E-state index contributed by atoms with van der Waals surface area (Å²) < 4.78 is 10.5. The lowest BCUT2D eigenvalue weighted by atomic mass is 9.78. The van der Waals surface area contributed by atoms with Crippen molar-refractivity contribution in [3.8, 4) is 5.75 Å². The van der Waals surface area contributed by atoms with E-state index in [2.05, 4.69) is 13.8 Å². The van der Waals surface area contributed by atoms with Gasteiger partial charge in [0.15, 0.2) is 5.78 Å². The molecule has 1 aromatic rings. The SMILES string of the molecule is COc1cc(C(C)C)ccc1C(=O)C1(CN)COC1. The minimum absolute atomic E-state index is 0.0217. The minimum atomic E-state index is -0.563. The van der Waals surface area contributed by atoms with Gasteiger partial charge in [-0.1, -0.05) is 19.9 Å². The molecule has 4 heteroatoms. The predicted octanol–water partition coefficient (Wildman–Crippen LogP) is 1.98. The van der Waals surface area contributed by atoms with Crippen molar-refractivity contribution in [2.45, 2.75) is 19.8 Å². The number of ketones is 1. The zero-order valence-corrected chi connectivity index (χ0v) is 11.7. The second-order valence-corrected chi connectivity index (χ2v) is 5.42. The van der Waals surface area contributed by atoms with Crippen molar-refractivity contribution in [3.63, 3.8) is 0 Å². The summed E-state index contributed by atoms with van der Waals surface area (Å²) in [5, 5.41) is 0. The van der Waals surface area contributed by atoms with E-state index in [1.54, 1.807) is 7.11 Å². The fourth-order valence-corrected chi connectivity index (χ4v) is 2.23. The van der Waals surface area contributed by atoms with Crippen LogP contribution in [-0.2, 0) is 4.74 Å². The third-order valence-corrected chi connectivity index (χ3v) is 3.77. The van der Waals surface area contributed by atoms with Crippen LogP contribution in [0, 0.1) is 5.41 Å². The highest BCUT2D eigenvalue weighted by atomic mass is 16.5. The molecule has 0 unspecified atom stereocenters. The predicted molar refractivity (Wildman–Crippen MR) is 73.7 cm³/mol. The molecular formula is C15H21NO3. The molecule has 1 saturated heterocycles. The second-order valence-electron chi connectivity index (χ2n) is 5.42. The Bertz CT molecular complexity index is 473. The molecule has 104 valence electrons. The monoisotopic (exact) mass is 263 g/mol. The second kappa shape index (κ2) is 5.31. The lowest BCUT2D eigenvalue weighted by Crippen LogP contribution is -2.54. The number of carbonyl (C=O) groups is 1. The van der Waals surface area contributed by atoms with Crippen molar-refractivity contribution in [2.24, 2.45) is 11.1 Å². The van der Waals surface area contributed by atoms with Gasteiger partial charge in [0.25, 0.3) is 0 Å². The Kier molecular flexibility index (Phi) is 3.92. The lowest BCUT2D eigenvalue weighted by molar-refractivity contribution is -0.0816. The van der Waals surface area contributed by atoms with Gasteiger partial charge in [0.05, 0.1) is 31.3 Å². The van der Waals surface area contributed by atoms with E-state index in [0.717, 1.165) is 5.56 Å². The average molecular weight is 263 g/mol. The highest BCUT2D eigenvalue weighted by molar-refractivity contribution is 6.03. The van der Waals surface area contributed by atoms with E-state index in [1.807, 2.05) is 18.2 Å². The van der Waals surface area contributed by atoms with Crippen molar-refractivity contribution >= 4 is 5.78 Å². The Morgan fingerprint density at radius 2 is 2.16 bits per heavy atom. The Hall–Kier alpha value is -1.39. The Morgan fingerprint density at radius 3 is 2.58 bits per heavy atom. The van der Waals surface area contributed by atoms with Gasteiger partial charge in [-0.15, -0.1) is 0 Å². The van der Waals surface area contributed by atoms with Crippen LogP contribution >= 0.6 is 0 Å². The van der Waals surface area contributed by atoms with Crippen LogP contribution in [0.25, 0.3) is 0 Å². The van der Waals surface area contributed by atoms with Gasteiger partial charge in [-0.05, 0) is 23.6 Å². The van der Waals surface area contributed by atoms with Crippen LogP contribution in [0.1, 0.15) is 35.7 Å². The molecule has 4 nitrogen and oxygen atoms in total. The molecule has 1 heterocycles. The van der Waals surface area contributed by atoms with E-state index < -0.39 is 5.41 Å². The Balaban J connectivity index is 2.36. The number of ether oxygens (including phenoxy) is 2. The van der Waals surface area contributed by atoms with Crippen molar-refractivity contribution in [1.82, 2.24) is 0 Å². The molecule has 2 N–H and O–H groups in total. The number of rotatable bonds is 5. The summed E-state index contributed by atoms with van der Waals surface area (Å²) in [6.07, 6.45) is 0. The topological polar surface area (TPSA) is 61.5 Å². The quantitative estimate of drug-likeness (QED) is 0.825. The van der Waals surface area contributed by atoms with Gasteiger partial charge in [-0.25, -0.2) is 0 Å². The van der Waals surface area contributed by atoms with E-state index in [9.17, 15) is 4.79 Å². The van der Waals surface area contributed by atoms with Gasteiger partial charge in [0.1, 0.15) is 5.75 Å². The van der Waals surface area contributed by atoms with E-state index in [0.29, 0.717) is 37.0 Å². The molecule has 1 aliphatic heterocycles. The van der Waals surface area contributed by atoms with Gasteiger partial charge in [0, 0.05) is 6.54 Å². The fraction of sp³-hybridized carbons (Fsp3) is 0.533. The highest BCUT2D eigenvalue weighted by Crippen LogP contribution is 2.35.